The molecule has 0 spiro atoms. The molecule has 2 rings (SSSR count). The topological polar surface area (TPSA) is 72.2 Å². The van der Waals surface area contributed by atoms with Crippen LogP contribution in [0.25, 0.3) is 0 Å². The van der Waals surface area contributed by atoms with Crippen molar-refractivity contribution < 1.29 is 14.0 Å². The maximum absolute atomic E-state index is 13.0. The molecule has 5 heteroatoms. The van der Waals surface area contributed by atoms with E-state index in [1.165, 1.54) is 18.2 Å². The highest BCUT2D eigenvalue weighted by molar-refractivity contribution is 5.94. The molecule has 0 aromatic heterocycles. The van der Waals surface area contributed by atoms with Crippen molar-refractivity contribution in [2.75, 3.05) is 0 Å². The summed E-state index contributed by atoms with van der Waals surface area (Å²) in [7, 11) is 0. The van der Waals surface area contributed by atoms with E-state index in [1.807, 2.05) is 0 Å². The van der Waals surface area contributed by atoms with Gasteiger partial charge in [0.25, 0.3) is 5.91 Å². The van der Waals surface area contributed by atoms with Gasteiger partial charge in [-0.1, -0.05) is 6.07 Å². The molecular weight excluding hydrogens is 247 g/mol. The van der Waals surface area contributed by atoms with Gasteiger partial charge >= 0.3 is 0 Å². The van der Waals surface area contributed by atoms with Gasteiger partial charge in [-0.05, 0) is 43.9 Å². The zero-order valence-corrected chi connectivity index (χ0v) is 10.6. The summed E-state index contributed by atoms with van der Waals surface area (Å²) < 4.78 is 13.0. The third kappa shape index (κ3) is 3.53. The maximum atomic E-state index is 13.0. The van der Waals surface area contributed by atoms with Crippen LogP contribution in [-0.2, 0) is 4.79 Å². The van der Waals surface area contributed by atoms with Gasteiger partial charge in [-0.3, -0.25) is 9.59 Å². The number of halogens is 1. The Labute approximate surface area is 111 Å². The van der Waals surface area contributed by atoms with Crippen molar-refractivity contribution in [3.8, 4) is 0 Å². The van der Waals surface area contributed by atoms with Gasteiger partial charge < -0.3 is 11.1 Å². The number of rotatable bonds is 3. The minimum Gasteiger partial charge on any atom is -0.369 e. The molecule has 0 atom stereocenters. The lowest BCUT2D eigenvalue weighted by atomic mass is 9.85. The fourth-order valence-electron chi connectivity index (χ4n) is 2.42. The zero-order valence-electron chi connectivity index (χ0n) is 10.6. The highest BCUT2D eigenvalue weighted by Gasteiger charge is 2.25. The number of hydrogen-bond donors (Lipinski definition) is 2. The molecule has 1 aromatic rings. The van der Waals surface area contributed by atoms with Gasteiger partial charge in [0.05, 0.1) is 0 Å². The first-order chi connectivity index (χ1) is 9.06. The van der Waals surface area contributed by atoms with Gasteiger partial charge in [0.15, 0.2) is 0 Å². The van der Waals surface area contributed by atoms with E-state index in [4.69, 9.17) is 5.73 Å². The standard InChI is InChI=1S/C14H17FN2O2/c15-11-3-1-2-10(8-11)14(19)17-12-6-4-9(5-7-12)13(16)18/h1-3,8-9,12H,4-7H2,(H2,16,18)(H,17,19)/t9-,12+. The van der Waals surface area contributed by atoms with E-state index in [-0.39, 0.29) is 23.8 Å². The summed E-state index contributed by atoms with van der Waals surface area (Å²) in [6, 6.07) is 5.63. The molecule has 1 fully saturated rings. The first-order valence-corrected chi connectivity index (χ1v) is 6.42. The van der Waals surface area contributed by atoms with Gasteiger partial charge in [-0.25, -0.2) is 4.39 Å². The second-order valence-electron chi connectivity index (χ2n) is 4.93. The van der Waals surface area contributed by atoms with Crippen LogP contribution < -0.4 is 11.1 Å². The Bertz CT molecular complexity index is 482. The second kappa shape index (κ2) is 5.82. The van der Waals surface area contributed by atoms with Gasteiger partial charge in [0.2, 0.25) is 5.91 Å². The molecule has 1 aromatic carbocycles. The van der Waals surface area contributed by atoms with E-state index in [0.717, 1.165) is 12.8 Å². The van der Waals surface area contributed by atoms with E-state index in [0.29, 0.717) is 18.4 Å². The molecule has 0 aliphatic heterocycles. The predicted molar refractivity (Wildman–Crippen MR) is 68.8 cm³/mol. The van der Waals surface area contributed by atoms with E-state index in [2.05, 4.69) is 5.32 Å². The van der Waals surface area contributed by atoms with Crippen molar-refractivity contribution in [1.82, 2.24) is 5.32 Å². The van der Waals surface area contributed by atoms with Crippen LogP contribution in [-0.4, -0.2) is 17.9 Å². The first kappa shape index (κ1) is 13.5. The number of amides is 2. The van der Waals surface area contributed by atoms with Gasteiger partial charge in [-0.15, -0.1) is 0 Å². The van der Waals surface area contributed by atoms with Crippen LogP contribution in [0.4, 0.5) is 4.39 Å². The Kier molecular flexibility index (Phi) is 4.14. The number of primary amides is 1. The third-order valence-corrected chi connectivity index (χ3v) is 3.55. The van der Waals surface area contributed by atoms with Gasteiger partial charge in [0, 0.05) is 17.5 Å². The van der Waals surface area contributed by atoms with Crippen molar-refractivity contribution in [2.24, 2.45) is 11.7 Å². The van der Waals surface area contributed by atoms with Crippen LogP contribution in [0.3, 0.4) is 0 Å². The van der Waals surface area contributed by atoms with Crippen molar-refractivity contribution in [2.45, 2.75) is 31.7 Å². The molecule has 4 nitrogen and oxygen atoms in total. The molecular formula is C14H17FN2O2. The molecule has 1 aliphatic carbocycles. The Morgan fingerprint density at radius 2 is 1.89 bits per heavy atom. The Morgan fingerprint density at radius 3 is 2.47 bits per heavy atom. The normalized spacial score (nSPS) is 22.8. The summed E-state index contributed by atoms with van der Waals surface area (Å²) >= 11 is 0. The number of carbonyl (C=O) groups excluding carboxylic acids is 2. The zero-order chi connectivity index (χ0) is 13.8. The van der Waals surface area contributed by atoms with E-state index < -0.39 is 5.82 Å². The quantitative estimate of drug-likeness (QED) is 0.870. The van der Waals surface area contributed by atoms with Crippen LogP contribution in [0.2, 0.25) is 0 Å². The Balaban J connectivity index is 1.89. The summed E-state index contributed by atoms with van der Waals surface area (Å²) in [6.07, 6.45) is 2.86. The van der Waals surface area contributed by atoms with Crippen LogP contribution in [0.15, 0.2) is 24.3 Å². The number of nitrogens with two attached hydrogens (primary N) is 1. The predicted octanol–water partition coefficient (Wildman–Crippen LogP) is 1.60. The fourth-order valence-corrected chi connectivity index (χ4v) is 2.42. The van der Waals surface area contributed by atoms with Gasteiger partial charge in [-0.2, -0.15) is 0 Å². The SMILES string of the molecule is NC(=O)[C@H]1CC[C@@H](NC(=O)c2cccc(F)c2)CC1. The summed E-state index contributed by atoms with van der Waals surface area (Å²) in [5.41, 5.74) is 5.57. The highest BCUT2D eigenvalue weighted by atomic mass is 19.1. The molecule has 0 radical (unpaired) electrons. The molecule has 0 bridgehead atoms. The monoisotopic (exact) mass is 264 g/mol. The number of hydrogen-bond acceptors (Lipinski definition) is 2. The molecule has 0 unspecified atom stereocenters. The van der Waals surface area contributed by atoms with E-state index >= 15 is 0 Å². The smallest absolute Gasteiger partial charge is 0.251 e. The molecule has 2 amide bonds. The minimum absolute atomic E-state index is 0.0337. The van der Waals surface area contributed by atoms with E-state index in [1.54, 1.807) is 6.07 Å². The van der Waals surface area contributed by atoms with Crippen molar-refractivity contribution >= 4 is 11.8 Å². The minimum atomic E-state index is -0.426. The summed E-state index contributed by atoms with van der Waals surface area (Å²) in [5, 5.41) is 2.86. The molecule has 0 saturated heterocycles. The molecule has 1 aliphatic rings. The summed E-state index contributed by atoms with van der Waals surface area (Å²) in [5.74, 6) is -1.05. The lowest BCUT2D eigenvalue weighted by Gasteiger charge is -2.27. The van der Waals surface area contributed by atoms with Crippen LogP contribution in [0, 0.1) is 11.7 Å². The van der Waals surface area contributed by atoms with Gasteiger partial charge in [0.1, 0.15) is 5.82 Å². The number of carbonyl (C=O) groups is 2. The molecule has 3 N–H and O–H groups in total. The van der Waals surface area contributed by atoms with Crippen LogP contribution in [0.5, 0.6) is 0 Å². The molecule has 19 heavy (non-hydrogen) atoms. The number of benzene rings is 1. The Morgan fingerprint density at radius 1 is 1.21 bits per heavy atom. The highest BCUT2D eigenvalue weighted by Crippen LogP contribution is 2.24. The summed E-state index contributed by atoms with van der Waals surface area (Å²) in [4.78, 5) is 22.9. The average molecular weight is 264 g/mol. The van der Waals surface area contributed by atoms with E-state index in [9.17, 15) is 14.0 Å². The largest absolute Gasteiger partial charge is 0.369 e. The van der Waals surface area contributed by atoms with Crippen molar-refractivity contribution in [1.29, 1.82) is 0 Å². The molecule has 1 saturated carbocycles. The Hall–Kier alpha value is -1.91. The van der Waals surface area contributed by atoms with Crippen molar-refractivity contribution in [3.63, 3.8) is 0 Å². The second-order valence-corrected chi connectivity index (χ2v) is 4.93. The van der Waals surface area contributed by atoms with Crippen molar-refractivity contribution in [3.05, 3.63) is 35.6 Å². The molecule has 0 heterocycles. The lowest BCUT2D eigenvalue weighted by molar-refractivity contribution is -0.122. The fraction of sp³-hybridized carbons (Fsp3) is 0.429. The lowest BCUT2D eigenvalue weighted by Crippen LogP contribution is -2.39. The third-order valence-electron chi connectivity index (χ3n) is 3.55. The first-order valence-electron chi connectivity index (χ1n) is 6.42. The molecule has 102 valence electrons. The van der Waals surface area contributed by atoms with Crippen LogP contribution >= 0.6 is 0 Å². The maximum Gasteiger partial charge on any atom is 0.251 e. The summed E-state index contributed by atoms with van der Waals surface area (Å²) in [6.45, 7) is 0. The average Bonchev–Trinajstić information content (AvgIpc) is 2.39. The number of nitrogens with one attached hydrogen (secondary N) is 1. The van der Waals surface area contributed by atoms with Crippen LogP contribution in [0.1, 0.15) is 36.0 Å².